The van der Waals surface area contributed by atoms with Crippen molar-refractivity contribution in [3.8, 4) is 0 Å². The second-order valence-corrected chi connectivity index (χ2v) is 19.3. The van der Waals surface area contributed by atoms with Gasteiger partial charge >= 0.3 is 0 Å². The molecule has 0 amide bonds. The van der Waals surface area contributed by atoms with Gasteiger partial charge < -0.3 is 25.5 Å². The van der Waals surface area contributed by atoms with Crippen LogP contribution in [-0.2, 0) is 14.4 Å². The van der Waals surface area contributed by atoms with E-state index in [9.17, 15) is 34.8 Å². The molecule has 8 heteroatoms. The molecular formula is C57H104O8. The van der Waals surface area contributed by atoms with Crippen molar-refractivity contribution >= 4 is 17.3 Å². The monoisotopic (exact) mass is 917 g/mol. The molecule has 0 aromatic carbocycles. The molecule has 0 aromatic heterocycles. The first kappa shape index (κ1) is 63.0. The summed E-state index contributed by atoms with van der Waals surface area (Å²) in [5, 5.41) is 48.2. The number of rotatable bonds is 51. The highest BCUT2D eigenvalue weighted by Crippen LogP contribution is 2.21. The molecule has 0 aliphatic heterocycles. The van der Waals surface area contributed by atoms with Crippen molar-refractivity contribution in [2.45, 2.75) is 295 Å². The number of aliphatic hydroxyl groups excluding tert-OH is 5. The Bertz CT molecular complexity index is 1110. The zero-order valence-electron chi connectivity index (χ0n) is 42.3. The van der Waals surface area contributed by atoms with Crippen molar-refractivity contribution in [1.82, 2.24) is 0 Å². The normalized spacial score (nSPS) is 14.0. The van der Waals surface area contributed by atoms with Crippen molar-refractivity contribution < 1.29 is 39.9 Å². The maximum Gasteiger partial charge on any atom is 0.164 e. The average Bonchev–Trinajstić information content (AvgIpc) is 3.30. The number of aliphatic hydroxyl groups is 5. The van der Waals surface area contributed by atoms with Crippen LogP contribution in [0.1, 0.15) is 271 Å². The molecule has 2 unspecified atom stereocenters. The highest BCUT2D eigenvalue weighted by Gasteiger charge is 2.25. The van der Waals surface area contributed by atoms with Crippen LogP contribution in [0.4, 0.5) is 0 Å². The van der Waals surface area contributed by atoms with Crippen LogP contribution in [-0.4, -0.2) is 73.9 Å². The van der Waals surface area contributed by atoms with Gasteiger partial charge in [-0.15, -0.1) is 0 Å². The lowest BCUT2D eigenvalue weighted by atomic mass is 9.87. The molecule has 0 aliphatic carbocycles. The van der Waals surface area contributed by atoms with Crippen LogP contribution in [0.2, 0.25) is 0 Å². The molecule has 0 aliphatic rings. The SMILES string of the molecule is CCCCCC[C@@H](O)C/C=C\CCCCCCCC(=O)C(CCCCCCC/C=C\CCCCCCCC(=O)C(O)C(O)CO)C(=O)CCCCCCC/C=C\C[C@H](O)CCCCCC. The van der Waals surface area contributed by atoms with E-state index in [2.05, 4.69) is 50.3 Å². The van der Waals surface area contributed by atoms with Crippen LogP contribution in [0.3, 0.4) is 0 Å². The Morgan fingerprint density at radius 2 is 0.677 bits per heavy atom. The third kappa shape index (κ3) is 41.9. The van der Waals surface area contributed by atoms with Gasteiger partial charge in [0.2, 0.25) is 0 Å². The Labute approximate surface area is 400 Å². The molecule has 0 rings (SSSR count). The molecule has 0 radical (unpaired) electrons. The van der Waals surface area contributed by atoms with Crippen LogP contribution in [0, 0.1) is 5.92 Å². The Hall–Kier alpha value is -1.97. The number of unbranched alkanes of at least 4 members (excludes halogenated alkanes) is 26. The maximum atomic E-state index is 13.5. The molecule has 8 nitrogen and oxygen atoms in total. The third-order valence-corrected chi connectivity index (χ3v) is 13.0. The quantitative estimate of drug-likeness (QED) is 0.0230. The summed E-state index contributed by atoms with van der Waals surface area (Å²) < 4.78 is 0. The van der Waals surface area contributed by atoms with Crippen LogP contribution >= 0.6 is 0 Å². The first-order valence-electron chi connectivity index (χ1n) is 27.5. The summed E-state index contributed by atoms with van der Waals surface area (Å²) in [6, 6.07) is 0. The summed E-state index contributed by atoms with van der Waals surface area (Å²) in [7, 11) is 0. The molecule has 380 valence electrons. The Balaban J connectivity index is 4.45. The van der Waals surface area contributed by atoms with E-state index in [0.29, 0.717) is 25.7 Å². The molecule has 0 saturated carbocycles. The number of allylic oxidation sites excluding steroid dienone is 4. The number of carbonyl (C=O) groups is 3. The lowest BCUT2D eigenvalue weighted by molar-refractivity contribution is -0.135. The molecule has 5 N–H and O–H groups in total. The summed E-state index contributed by atoms with van der Waals surface area (Å²) in [5.41, 5.74) is 0. The van der Waals surface area contributed by atoms with E-state index in [1.54, 1.807) is 0 Å². The molecule has 4 atom stereocenters. The fourth-order valence-electron chi connectivity index (χ4n) is 8.56. The van der Waals surface area contributed by atoms with E-state index in [4.69, 9.17) is 5.11 Å². The van der Waals surface area contributed by atoms with E-state index in [1.165, 1.54) is 38.5 Å². The van der Waals surface area contributed by atoms with Crippen LogP contribution in [0.15, 0.2) is 36.5 Å². The average molecular weight is 917 g/mol. The largest absolute Gasteiger partial charge is 0.394 e. The van der Waals surface area contributed by atoms with Crippen LogP contribution in [0.5, 0.6) is 0 Å². The molecule has 0 aromatic rings. The van der Waals surface area contributed by atoms with Crippen molar-refractivity contribution in [3.63, 3.8) is 0 Å². The Kier molecular flexibility index (Phi) is 47.0. The molecule has 0 bridgehead atoms. The highest BCUT2D eigenvalue weighted by molar-refractivity contribution is 6.02. The molecule has 0 heterocycles. The summed E-state index contributed by atoms with van der Waals surface area (Å²) >= 11 is 0. The van der Waals surface area contributed by atoms with Crippen molar-refractivity contribution in [1.29, 1.82) is 0 Å². The van der Waals surface area contributed by atoms with Crippen LogP contribution < -0.4 is 0 Å². The third-order valence-electron chi connectivity index (χ3n) is 13.0. The second-order valence-electron chi connectivity index (χ2n) is 19.3. The van der Waals surface area contributed by atoms with Gasteiger partial charge in [-0.3, -0.25) is 14.4 Å². The van der Waals surface area contributed by atoms with Gasteiger partial charge in [-0.05, 0) is 103 Å². The molecule has 0 saturated heterocycles. The Morgan fingerprint density at radius 3 is 1.06 bits per heavy atom. The number of hydrogen-bond acceptors (Lipinski definition) is 8. The number of Topliss-reactive ketones (excluding diaryl/α,β-unsaturated/α-hetero) is 3. The van der Waals surface area contributed by atoms with Crippen molar-refractivity contribution in [2.75, 3.05) is 6.61 Å². The summed E-state index contributed by atoms with van der Waals surface area (Å²) in [5.74, 6) is -0.505. The van der Waals surface area contributed by atoms with E-state index in [1.807, 2.05) is 0 Å². The van der Waals surface area contributed by atoms with Gasteiger partial charge in [-0.1, -0.05) is 185 Å². The summed E-state index contributed by atoms with van der Waals surface area (Å²) in [6.07, 6.45) is 49.9. The van der Waals surface area contributed by atoms with Crippen molar-refractivity contribution in [2.24, 2.45) is 5.92 Å². The molecule has 0 fully saturated rings. The Morgan fingerprint density at radius 1 is 0.369 bits per heavy atom. The van der Waals surface area contributed by atoms with E-state index >= 15 is 0 Å². The fraction of sp³-hybridized carbons (Fsp3) is 0.842. The van der Waals surface area contributed by atoms with E-state index < -0.39 is 30.5 Å². The van der Waals surface area contributed by atoms with E-state index in [0.717, 1.165) is 186 Å². The lowest BCUT2D eigenvalue weighted by Gasteiger charge is -2.15. The minimum absolute atomic E-state index is 0.166. The lowest BCUT2D eigenvalue weighted by Crippen LogP contribution is -2.36. The zero-order valence-corrected chi connectivity index (χ0v) is 42.3. The van der Waals surface area contributed by atoms with Gasteiger partial charge in [0.25, 0.3) is 0 Å². The number of ketones is 3. The summed E-state index contributed by atoms with van der Waals surface area (Å²) in [4.78, 5) is 38.7. The zero-order chi connectivity index (χ0) is 47.9. The van der Waals surface area contributed by atoms with Gasteiger partial charge in [0, 0.05) is 19.3 Å². The van der Waals surface area contributed by atoms with Gasteiger partial charge in [-0.25, -0.2) is 0 Å². The standard InChI is InChI=1S/C57H104O8/c1-3-5-7-33-41-50(59)43-35-27-21-17-19-24-30-38-46-53(61)52(54(62)47-39-31-25-20-18-22-28-36-44-51(60)42-34-8-6-4-2)45-37-29-23-15-13-11-9-10-12-14-16-26-32-40-48-55(63)57(65)56(64)49-58/h9-10,27-28,35-36,50-52,56-60,64-65H,3-8,11-26,29-34,37-49H2,1-2H3/b10-9-,35-27-,36-28-/t50-,51-,56?,57?/m1/s1. The minimum Gasteiger partial charge on any atom is -0.394 e. The molecular weight excluding hydrogens is 813 g/mol. The first-order valence-corrected chi connectivity index (χ1v) is 27.5. The maximum absolute atomic E-state index is 13.5. The summed E-state index contributed by atoms with van der Waals surface area (Å²) in [6.45, 7) is 3.80. The van der Waals surface area contributed by atoms with Crippen LogP contribution in [0.25, 0.3) is 0 Å². The predicted octanol–water partition coefficient (Wildman–Crippen LogP) is 14.1. The molecule has 65 heavy (non-hydrogen) atoms. The number of carbonyl (C=O) groups excluding carboxylic acids is 3. The predicted molar refractivity (Wildman–Crippen MR) is 273 cm³/mol. The van der Waals surface area contributed by atoms with Crippen molar-refractivity contribution in [3.05, 3.63) is 36.5 Å². The fourth-order valence-corrected chi connectivity index (χ4v) is 8.56. The second kappa shape index (κ2) is 48.5. The minimum atomic E-state index is -1.49. The smallest absolute Gasteiger partial charge is 0.164 e. The molecule has 0 spiro atoms. The highest BCUT2D eigenvalue weighted by atomic mass is 16.4. The van der Waals surface area contributed by atoms with Gasteiger partial charge in [0.15, 0.2) is 5.78 Å². The van der Waals surface area contributed by atoms with E-state index in [-0.39, 0.29) is 30.2 Å². The first-order chi connectivity index (χ1) is 31.7. The van der Waals surface area contributed by atoms with Gasteiger partial charge in [0.05, 0.1) is 24.7 Å². The van der Waals surface area contributed by atoms with Gasteiger partial charge in [0.1, 0.15) is 23.8 Å². The number of hydrogen-bond donors (Lipinski definition) is 5. The topological polar surface area (TPSA) is 152 Å². The van der Waals surface area contributed by atoms with Gasteiger partial charge in [-0.2, -0.15) is 0 Å².